The Bertz CT molecular complexity index is 596. The van der Waals surface area contributed by atoms with E-state index >= 15 is 0 Å². The molecule has 0 spiro atoms. The van der Waals surface area contributed by atoms with Crippen molar-refractivity contribution < 1.29 is 32.2 Å². The lowest BCUT2D eigenvalue weighted by molar-refractivity contribution is -0.141. The van der Waals surface area contributed by atoms with Gasteiger partial charge in [-0.1, -0.05) is 6.07 Å². The molecule has 1 aromatic heterocycles. The molecule has 0 unspecified atom stereocenters. The van der Waals surface area contributed by atoms with Gasteiger partial charge in [-0.25, -0.2) is 14.6 Å². The SMILES string of the molecule is COC(=O)/C(N)=C(\C(=O)OC)c1cccc(C(F)(F)F)n1. The number of pyridine rings is 1. The molecule has 0 radical (unpaired) electrons. The molecule has 0 aliphatic heterocycles. The van der Waals surface area contributed by atoms with Gasteiger partial charge in [0.15, 0.2) is 0 Å². The highest BCUT2D eigenvalue weighted by molar-refractivity contribution is 6.21. The smallest absolute Gasteiger partial charge is 0.433 e. The topological polar surface area (TPSA) is 91.5 Å². The molecule has 1 aromatic rings. The maximum absolute atomic E-state index is 12.6. The van der Waals surface area contributed by atoms with Gasteiger partial charge in [-0.3, -0.25) is 0 Å². The van der Waals surface area contributed by atoms with Crippen LogP contribution in [-0.4, -0.2) is 31.1 Å². The van der Waals surface area contributed by atoms with Crippen molar-refractivity contribution >= 4 is 17.5 Å². The maximum Gasteiger partial charge on any atom is 0.433 e. The molecule has 6 nitrogen and oxygen atoms in total. The highest BCUT2D eigenvalue weighted by Crippen LogP contribution is 2.29. The Morgan fingerprint density at radius 1 is 1.14 bits per heavy atom. The predicted octanol–water partition coefficient (Wildman–Crippen LogP) is 1.12. The van der Waals surface area contributed by atoms with Gasteiger partial charge in [0.05, 0.1) is 19.9 Å². The Morgan fingerprint density at radius 2 is 1.71 bits per heavy atom. The molecule has 1 rings (SSSR count). The van der Waals surface area contributed by atoms with Crippen LogP contribution in [0.1, 0.15) is 11.4 Å². The van der Waals surface area contributed by atoms with Crippen molar-refractivity contribution in [2.75, 3.05) is 14.2 Å². The fourth-order valence-corrected chi connectivity index (χ4v) is 1.40. The number of rotatable bonds is 3. The third-order valence-electron chi connectivity index (χ3n) is 2.36. The van der Waals surface area contributed by atoms with Gasteiger partial charge < -0.3 is 15.2 Å². The van der Waals surface area contributed by atoms with Crippen LogP contribution in [0.25, 0.3) is 5.57 Å². The first-order valence-electron chi connectivity index (χ1n) is 5.43. The number of alkyl halides is 3. The molecule has 114 valence electrons. The summed E-state index contributed by atoms with van der Waals surface area (Å²) in [5.74, 6) is -2.20. The molecule has 0 aliphatic carbocycles. The van der Waals surface area contributed by atoms with Crippen molar-refractivity contribution in [3.63, 3.8) is 0 Å². The molecule has 0 aliphatic rings. The van der Waals surface area contributed by atoms with Gasteiger partial charge in [0.25, 0.3) is 0 Å². The van der Waals surface area contributed by atoms with Crippen LogP contribution in [0.4, 0.5) is 13.2 Å². The van der Waals surface area contributed by atoms with Gasteiger partial charge >= 0.3 is 18.1 Å². The molecular formula is C12H11F3N2O4. The van der Waals surface area contributed by atoms with E-state index in [4.69, 9.17) is 5.73 Å². The number of nitrogens with two attached hydrogens (primary N) is 1. The number of hydrogen-bond donors (Lipinski definition) is 1. The number of hydrogen-bond acceptors (Lipinski definition) is 6. The monoisotopic (exact) mass is 304 g/mol. The summed E-state index contributed by atoms with van der Waals surface area (Å²) in [4.78, 5) is 26.3. The third kappa shape index (κ3) is 3.71. The molecule has 2 N–H and O–H groups in total. The summed E-state index contributed by atoms with van der Waals surface area (Å²) in [6.07, 6.45) is -4.71. The van der Waals surface area contributed by atoms with Crippen LogP contribution >= 0.6 is 0 Å². The van der Waals surface area contributed by atoms with Crippen LogP contribution in [0.5, 0.6) is 0 Å². The lowest BCUT2D eigenvalue weighted by atomic mass is 10.1. The summed E-state index contributed by atoms with van der Waals surface area (Å²) in [6, 6.07) is 2.84. The average molecular weight is 304 g/mol. The number of ether oxygens (including phenoxy) is 2. The van der Waals surface area contributed by atoms with E-state index in [-0.39, 0.29) is 0 Å². The van der Waals surface area contributed by atoms with Crippen LogP contribution in [0.2, 0.25) is 0 Å². The zero-order chi connectivity index (χ0) is 16.2. The Hall–Kier alpha value is -2.58. The van der Waals surface area contributed by atoms with E-state index in [1.165, 1.54) is 0 Å². The molecule has 0 saturated carbocycles. The average Bonchev–Trinajstić information content (AvgIpc) is 2.45. The molecule has 0 bridgehead atoms. The number of esters is 2. The van der Waals surface area contributed by atoms with Gasteiger partial charge in [-0.05, 0) is 12.1 Å². The Balaban J connectivity index is 3.49. The highest BCUT2D eigenvalue weighted by atomic mass is 19.4. The number of methoxy groups -OCH3 is 2. The van der Waals surface area contributed by atoms with Crippen LogP contribution in [0.3, 0.4) is 0 Å². The first kappa shape index (κ1) is 16.5. The largest absolute Gasteiger partial charge is 0.465 e. The molecule has 0 saturated heterocycles. The zero-order valence-electron chi connectivity index (χ0n) is 11.0. The van der Waals surface area contributed by atoms with E-state index < -0.39 is 40.8 Å². The second kappa shape index (κ2) is 6.25. The Kier molecular flexibility index (Phi) is 4.90. The number of nitrogens with zero attached hydrogens (tertiary/aromatic N) is 1. The maximum atomic E-state index is 12.6. The Morgan fingerprint density at radius 3 is 2.19 bits per heavy atom. The molecule has 0 aromatic carbocycles. The molecule has 21 heavy (non-hydrogen) atoms. The van der Waals surface area contributed by atoms with Crippen molar-refractivity contribution in [2.24, 2.45) is 5.73 Å². The van der Waals surface area contributed by atoms with Crippen LogP contribution in [0, 0.1) is 0 Å². The normalized spacial score (nSPS) is 12.4. The van der Waals surface area contributed by atoms with Gasteiger partial charge in [0.2, 0.25) is 0 Å². The molecular weight excluding hydrogens is 293 g/mol. The molecule has 9 heteroatoms. The number of carbonyl (C=O) groups excluding carboxylic acids is 2. The minimum atomic E-state index is -4.71. The van der Waals surface area contributed by atoms with E-state index in [0.717, 1.165) is 26.4 Å². The van der Waals surface area contributed by atoms with Crippen molar-refractivity contribution in [3.05, 3.63) is 35.3 Å². The lowest BCUT2D eigenvalue weighted by Crippen LogP contribution is -2.21. The van der Waals surface area contributed by atoms with Gasteiger partial charge in [-0.15, -0.1) is 0 Å². The summed E-state index contributed by atoms with van der Waals surface area (Å²) in [5.41, 5.74) is 2.44. The number of aromatic nitrogens is 1. The number of carbonyl (C=O) groups is 2. The van der Waals surface area contributed by atoms with Gasteiger partial charge in [0, 0.05) is 0 Å². The van der Waals surface area contributed by atoms with E-state index in [1.807, 2.05) is 0 Å². The second-order valence-electron chi connectivity index (χ2n) is 3.68. The molecule has 0 atom stereocenters. The van der Waals surface area contributed by atoms with Crippen LogP contribution in [-0.2, 0) is 25.2 Å². The molecule has 1 heterocycles. The zero-order valence-corrected chi connectivity index (χ0v) is 11.0. The minimum absolute atomic E-state index is 0.445. The predicted molar refractivity (Wildman–Crippen MR) is 64.4 cm³/mol. The molecule has 0 amide bonds. The van der Waals surface area contributed by atoms with Crippen molar-refractivity contribution in [1.82, 2.24) is 4.98 Å². The van der Waals surface area contributed by atoms with E-state index in [0.29, 0.717) is 6.07 Å². The van der Waals surface area contributed by atoms with Crippen molar-refractivity contribution in [2.45, 2.75) is 6.18 Å². The summed E-state index contributed by atoms with van der Waals surface area (Å²) in [7, 11) is 1.99. The third-order valence-corrected chi connectivity index (χ3v) is 2.36. The lowest BCUT2D eigenvalue weighted by Gasteiger charge is -2.11. The quantitative estimate of drug-likeness (QED) is 0.664. The fraction of sp³-hybridized carbons (Fsp3) is 0.250. The summed E-state index contributed by atoms with van der Waals surface area (Å²) < 4.78 is 46.6. The Labute approximate surface area is 117 Å². The van der Waals surface area contributed by atoms with Crippen LogP contribution < -0.4 is 5.73 Å². The highest BCUT2D eigenvalue weighted by Gasteiger charge is 2.33. The summed E-state index contributed by atoms with van der Waals surface area (Å²) in [6.45, 7) is 0. The van der Waals surface area contributed by atoms with Crippen molar-refractivity contribution in [3.8, 4) is 0 Å². The summed E-state index contributed by atoms with van der Waals surface area (Å²) >= 11 is 0. The second-order valence-corrected chi connectivity index (χ2v) is 3.68. The van der Waals surface area contributed by atoms with E-state index in [2.05, 4.69) is 14.5 Å². The van der Waals surface area contributed by atoms with Gasteiger partial charge in [0.1, 0.15) is 17.0 Å². The first-order chi connectivity index (χ1) is 9.72. The number of halogens is 3. The fourth-order valence-electron chi connectivity index (χ4n) is 1.40. The van der Waals surface area contributed by atoms with E-state index in [9.17, 15) is 22.8 Å². The summed E-state index contributed by atoms with van der Waals surface area (Å²) in [5, 5.41) is 0. The van der Waals surface area contributed by atoms with Crippen molar-refractivity contribution in [1.29, 1.82) is 0 Å². The first-order valence-corrected chi connectivity index (χ1v) is 5.43. The van der Waals surface area contributed by atoms with Crippen LogP contribution in [0.15, 0.2) is 23.9 Å². The molecule has 0 fully saturated rings. The standard InChI is InChI=1S/C12H11F3N2O4/c1-20-10(18)8(9(16)11(19)21-2)6-4-3-5-7(17-6)12(13,14)15/h3-5H,16H2,1-2H3/b9-8+. The van der Waals surface area contributed by atoms with Gasteiger partial charge in [-0.2, -0.15) is 13.2 Å². The minimum Gasteiger partial charge on any atom is -0.465 e. The van der Waals surface area contributed by atoms with E-state index in [1.54, 1.807) is 0 Å².